The topological polar surface area (TPSA) is 12.9 Å². The average molecular weight is 239 g/mol. The van der Waals surface area contributed by atoms with Crippen LogP contribution in [0.1, 0.15) is 37.5 Å². The molecule has 2 rings (SSSR count). The van der Waals surface area contributed by atoms with Crippen LogP contribution in [0.4, 0.5) is 0 Å². The first-order valence-electron chi connectivity index (χ1n) is 6.42. The van der Waals surface area contributed by atoms with Gasteiger partial charge in [-0.3, -0.25) is 4.98 Å². The van der Waals surface area contributed by atoms with Crippen molar-refractivity contribution in [2.24, 2.45) is 0 Å². The van der Waals surface area contributed by atoms with Crippen molar-refractivity contribution in [1.82, 2.24) is 4.98 Å². The predicted octanol–water partition coefficient (Wildman–Crippen LogP) is 4.66. The highest BCUT2D eigenvalue weighted by Crippen LogP contribution is 2.32. The quantitative estimate of drug-likeness (QED) is 0.705. The lowest BCUT2D eigenvalue weighted by Gasteiger charge is -2.22. The standard InChI is InChI=1S/C17H21N/c1-12-10-15(17(3,4)5)11-13(2)16(12)14-6-8-18-9-7-14/h6-11H,1-5H3. The van der Waals surface area contributed by atoms with Crippen molar-refractivity contribution in [3.8, 4) is 11.1 Å². The van der Waals surface area contributed by atoms with Gasteiger partial charge in [-0.15, -0.1) is 0 Å². The lowest BCUT2D eigenvalue weighted by atomic mass is 9.83. The molecule has 0 fully saturated rings. The Bertz CT molecular complexity index is 525. The summed E-state index contributed by atoms with van der Waals surface area (Å²) in [6.45, 7) is 11.2. The lowest BCUT2D eigenvalue weighted by molar-refractivity contribution is 0.589. The van der Waals surface area contributed by atoms with E-state index in [-0.39, 0.29) is 5.41 Å². The normalized spacial score (nSPS) is 11.6. The predicted molar refractivity (Wildman–Crippen MR) is 77.8 cm³/mol. The molecule has 2 aromatic rings. The van der Waals surface area contributed by atoms with Gasteiger partial charge in [-0.1, -0.05) is 32.9 Å². The minimum absolute atomic E-state index is 0.201. The molecule has 1 aromatic carbocycles. The second kappa shape index (κ2) is 4.56. The van der Waals surface area contributed by atoms with E-state index in [0.717, 1.165) is 0 Å². The van der Waals surface area contributed by atoms with Gasteiger partial charge in [0, 0.05) is 12.4 Å². The SMILES string of the molecule is Cc1cc(C(C)(C)C)cc(C)c1-c1ccncc1. The molecule has 0 bridgehead atoms. The van der Waals surface area contributed by atoms with Crippen molar-refractivity contribution in [2.45, 2.75) is 40.0 Å². The summed E-state index contributed by atoms with van der Waals surface area (Å²) in [7, 11) is 0. The minimum Gasteiger partial charge on any atom is -0.265 e. The van der Waals surface area contributed by atoms with E-state index in [2.05, 4.69) is 63.9 Å². The fraction of sp³-hybridized carbons (Fsp3) is 0.353. The highest BCUT2D eigenvalue weighted by atomic mass is 14.6. The molecule has 0 aliphatic heterocycles. The molecule has 0 aliphatic rings. The second-order valence-corrected chi connectivity index (χ2v) is 5.97. The van der Waals surface area contributed by atoms with E-state index >= 15 is 0 Å². The highest BCUT2D eigenvalue weighted by Gasteiger charge is 2.16. The maximum atomic E-state index is 4.09. The van der Waals surface area contributed by atoms with Crippen LogP contribution in [0.2, 0.25) is 0 Å². The molecule has 1 nitrogen and oxygen atoms in total. The molecule has 1 aromatic heterocycles. The van der Waals surface area contributed by atoms with Crippen molar-refractivity contribution in [1.29, 1.82) is 0 Å². The second-order valence-electron chi connectivity index (χ2n) is 5.97. The van der Waals surface area contributed by atoms with Crippen LogP contribution in [0.15, 0.2) is 36.7 Å². The zero-order valence-electron chi connectivity index (χ0n) is 11.9. The van der Waals surface area contributed by atoms with Gasteiger partial charge < -0.3 is 0 Å². The van der Waals surface area contributed by atoms with Crippen LogP contribution in [0, 0.1) is 13.8 Å². The molecule has 1 heterocycles. The van der Waals surface area contributed by atoms with Crippen molar-refractivity contribution in [2.75, 3.05) is 0 Å². The van der Waals surface area contributed by atoms with Gasteiger partial charge in [0.05, 0.1) is 0 Å². The van der Waals surface area contributed by atoms with Gasteiger partial charge in [-0.25, -0.2) is 0 Å². The third-order valence-corrected chi connectivity index (χ3v) is 3.37. The van der Waals surface area contributed by atoms with Gasteiger partial charge in [0.15, 0.2) is 0 Å². The molecular weight excluding hydrogens is 218 g/mol. The molecule has 0 N–H and O–H groups in total. The summed E-state index contributed by atoms with van der Waals surface area (Å²) >= 11 is 0. The first kappa shape index (κ1) is 12.8. The van der Waals surface area contributed by atoms with E-state index in [1.54, 1.807) is 0 Å². The zero-order valence-corrected chi connectivity index (χ0v) is 11.9. The number of rotatable bonds is 1. The fourth-order valence-corrected chi connectivity index (χ4v) is 2.37. The molecule has 0 saturated carbocycles. The van der Waals surface area contributed by atoms with E-state index in [4.69, 9.17) is 0 Å². The van der Waals surface area contributed by atoms with Crippen LogP contribution in [0.25, 0.3) is 11.1 Å². The number of aryl methyl sites for hydroxylation is 2. The van der Waals surface area contributed by atoms with E-state index in [0.29, 0.717) is 0 Å². The molecule has 0 unspecified atom stereocenters. The first-order valence-corrected chi connectivity index (χ1v) is 6.42. The van der Waals surface area contributed by atoms with E-state index in [9.17, 15) is 0 Å². The van der Waals surface area contributed by atoms with Crippen LogP contribution in [0.3, 0.4) is 0 Å². The van der Waals surface area contributed by atoms with Gasteiger partial charge in [0.2, 0.25) is 0 Å². The molecule has 94 valence electrons. The summed E-state index contributed by atoms with van der Waals surface area (Å²) in [5, 5.41) is 0. The van der Waals surface area contributed by atoms with Gasteiger partial charge in [-0.2, -0.15) is 0 Å². The number of hydrogen-bond donors (Lipinski definition) is 0. The molecule has 0 atom stereocenters. The third kappa shape index (κ3) is 2.45. The number of aromatic nitrogens is 1. The minimum atomic E-state index is 0.201. The van der Waals surface area contributed by atoms with Gasteiger partial charge >= 0.3 is 0 Å². The van der Waals surface area contributed by atoms with Crippen molar-refractivity contribution < 1.29 is 0 Å². The molecule has 0 amide bonds. The molecule has 18 heavy (non-hydrogen) atoms. The Morgan fingerprint density at radius 1 is 0.889 bits per heavy atom. The zero-order chi connectivity index (χ0) is 13.3. The molecule has 0 saturated heterocycles. The molecular formula is C17H21N. The van der Waals surface area contributed by atoms with Gasteiger partial charge in [-0.05, 0) is 59.2 Å². The van der Waals surface area contributed by atoms with Gasteiger partial charge in [0.1, 0.15) is 0 Å². The Balaban J connectivity index is 2.59. The van der Waals surface area contributed by atoms with Crippen LogP contribution in [0.5, 0.6) is 0 Å². The Morgan fingerprint density at radius 3 is 1.83 bits per heavy atom. The monoisotopic (exact) mass is 239 g/mol. The summed E-state index contributed by atoms with van der Waals surface area (Å²) in [5.41, 5.74) is 6.87. The largest absolute Gasteiger partial charge is 0.265 e. The van der Waals surface area contributed by atoms with E-state index in [1.807, 2.05) is 12.4 Å². The molecule has 0 radical (unpaired) electrons. The Hall–Kier alpha value is -1.63. The highest BCUT2D eigenvalue weighted by molar-refractivity contribution is 5.71. The first-order chi connectivity index (χ1) is 8.39. The van der Waals surface area contributed by atoms with Crippen molar-refractivity contribution in [3.63, 3.8) is 0 Å². The number of nitrogens with zero attached hydrogens (tertiary/aromatic N) is 1. The van der Waals surface area contributed by atoms with Crippen molar-refractivity contribution in [3.05, 3.63) is 53.3 Å². The maximum Gasteiger partial charge on any atom is 0.0273 e. The fourth-order valence-electron chi connectivity index (χ4n) is 2.37. The molecule has 1 heteroatoms. The molecule has 0 aliphatic carbocycles. The Labute approximate surface area is 110 Å². The smallest absolute Gasteiger partial charge is 0.0273 e. The van der Waals surface area contributed by atoms with E-state index < -0.39 is 0 Å². The average Bonchev–Trinajstić information content (AvgIpc) is 2.28. The maximum absolute atomic E-state index is 4.09. The van der Waals surface area contributed by atoms with E-state index in [1.165, 1.54) is 27.8 Å². The van der Waals surface area contributed by atoms with Crippen LogP contribution in [-0.4, -0.2) is 4.98 Å². The number of hydrogen-bond acceptors (Lipinski definition) is 1. The molecule has 0 spiro atoms. The lowest BCUT2D eigenvalue weighted by Crippen LogP contribution is -2.12. The third-order valence-electron chi connectivity index (χ3n) is 3.37. The Morgan fingerprint density at radius 2 is 1.39 bits per heavy atom. The summed E-state index contributed by atoms with van der Waals surface area (Å²) in [5.74, 6) is 0. The van der Waals surface area contributed by atoms with Crippen LogP contribution in [-0.2, 0) is 5.41 Å². The summed E-state index contributed by atoms with van der Waals surface area (Å²) in [6.07, 6.45) is 3.71. The number of pyridine rings is 1. The van der Waals surface area contributed by atoms with Crippen LogP contribution < -0.4 is 0 Å². The van der Waals surface area contributed by atoms with Crippen LogP contribution >= 0.6 is 0 Å². The summed E-state index contributed by atoms with van der Waals surface area (Å²) in [6, 6.07) is 8.77. The summed E-state index contributed by atoms with van der Waals surface area (Å²) < 4.78 is 0. The summed E-state index contributed by atoms with van der Waals surface area (Å²) in [4.78, 5) is 4.09. The van der Waals surface area contributed by atoms with Gasteiger partial charge in [0.25, 0.3) is 0 Å². The Kier molecular flexibility index (Phi) is 3.25. The number of benzene rings is 1. The van der Waals surface area contributed by atoms with Crippen molar-refractivity contribution >= 4 is 0 Å².